The first-order valence-electron chi connectivity index (χ1n) is 16.6. The zero-order chi connectivity index (χ0) is 36.1. The SMILES string of the molecule is COc1ccc(C(Cc2c(Cl)c[n+]([O-])cc2Cl)OC(=O)c2cccc(CN[C@H](C(=O)O[C@H]3CN4CCC3CC4)c3ccc(F)cc3)c2)cc1OC. The maximum atomic E-state index is 13.8. The van der Waals surface area contributed by atoms with Crippen molar-refractivity contribution in [1.29, 1.82) is 0 Å². The Hall–Kier alpha value is -4.42. The van der Waals surface area contributed by atoms with Crippen molar-refractivity contribution in [2.45, 2.75) is 44.1 Å². The zero-order valence-electron chi connectivity index (χ0n) is 28.2. The minimum Gasteiger partial charge on any atom is -0.619 e. The van der Waals surface area contributed by atoms with Crippen LogP contribution in [0.25, 0.3) is 0 Å². The minimum atomic E-state index is -0.888. The van der Waals surface area contributed by atoms with Crippen molar-refractivity contribution >= 4 is 35.1 Å². The fourth-order valence-corrected chi connectivity index (χ4v) is 7.27. The van der Waals surface area contributed by atoms with Crippen LogP contribution in [0.4, 0.5) is 4.39 Å². The molecule has 4 aromatic rings. The van der Waals surface area contributed by atoms with E-state index < -0.39 is 29.9 Å². The number of esters is 2. The van der Waals surface area contributed by atoms with Crippen molar-refractivity contribution in [1.82, 2.24) is 10.2 Å². The molecule has 10 nitrogen and oxygen atoms in total. The van der Waals surface area contributed by atoms with Crippen molar-refractivity contribution in [2.24, 2.45) is 5.92 Å². The average Bonchev–Trinajstić information content (AvgIpc) is 3.13. The highest BCUT2D eigenvalue weighted by atomic mass is 35.5. The number of hydrogen-bond donors (Lipinski definition) is 1. The lowest BCUT2D eigenvalue weighted by molar-refractivity contribution is -0.605. The van der Waals surface area contributed by atoms with Gasteiger partial charge in [-0.25, -0.2) is 14.0 Å². The number of aromatic nitrogens is 1. The van der Waals surface area contributed by atoms with E-state index in [2.05, 4.69) is 10.2 Å². The molecule has 1 aromatic heterocycles. The van der Waals surface area contributed by atoms with Crippen molar-refractivity contribution in [2.75, 3.05) is 33.9 Å². The second kappa shape index (κ2) is 16.3. The molecule has 2 bridgehead atoms. The molecule has 0 amide bonds. The summed E-state index contributed by atoms with van der Waals surface area (Å²) >= 11 is 12.8. The van der Waals surface area contributed by atoms with Crippen LogP contribution in [0.1, 0.15) is 57.6 Å². The number of rotatable bonds is 13. The lowest BCUT2D eigenvalue weighted by atomic mass is 9.86. The molecule has 3 aromatic carbocycles. The largest absolute Gasteiger partial charge is 0.619 e. The van der Waals surface area contributed by atoms with Gasteiger partial charge in [0.25, 0.3) is 0 Å². The molecular weight excluding hydrogens is 700 g/mol. The van der Waals surface area contributed by atoms with E-state index in [1.54, 1.807) is 48.5 Å². The van der Waals surface area contributed by atoms with Gasteiger partial charge in [0.15, 0.2) is 23.9 Å². The maximum absolute atomic E-state index is 13.8. The van der Waals surface area contributed by atoms with Gasteiger partial charge in [-0.2, -0.15) is 4.73 Å². The molecule has 1 N–H and O–H groups in total. The number of methoxy groups -OCH3 is 2. The predicted molar refractivity (Wildman–Crippen MR) is 188 cm³/mol. The number of benzene rings is 3. The highest BCUT2D eigenvalue weighted by molar-refractivity contribution is 6.35. The Balaban J connectivity index is 1.21. The van der Waals surface area contributed by atoms with E-state index in [1.807, 2.05) is 6.07 Å². The Kier molecular flexibility index (Phi) is 11.6. The number of nitrogens with zero attached hydrogens (tertiary/aromatic N) is 2. The lowest BCUT2D eigenvalue weighted by Gasteiger charge is -2.44. The van der Waals surface area contributed by atoms with Crippen LogP contribution in [-0.4, -0.2) is 56.8 Å². The molecule has 3 aliphatic heterocycles. The number of halogens is 3. The van der Waals surface area contributed by atoms with Gasteiger partial charge in [0.1, 0.15) is 34.1 Å². The number of pyridine rings is 1. The Bertz CT molecular complexity index is 1850. The van der Waals surface area contributed by atoms with Crippen LogP contribution in [0.2, 0.25) is 10.0 Å². The van der Waals surface area contributed by atoms with Crippen molar-refractivity contribution in [3.63, 3.8) is 0 Å². The molecule has 3 fully saturated rings. The predicted octanol–water partition coefficient (Wildman–Crippen LogP) is 6.39. The first-order valence-corrected chi connectivity index (χ1v) is 17.4. The second-order valence-corrected chi connectivity index (χ2v) is 13.5. The summed E-state index contributed by atoms with van der Waals surface area (Å²) in [4.78, 5) is 29.6. The molecule has 4 heterocycles. The second-order valence-electron chi connectivity index (χ2n) is 12.7. The van der Waals surface area contributed by atoms with Crippen LogP contribution in [0, 0.1) is 16.9 Å². The van der Waals surface area contributed by atoms with Crippen LogP contribution in [0.5, 0.6) is 11.5 Å². The summed E-state index contributed by atoms with van der Waals surface area (Å²) < 4.78 is 37.3. The van der Waals surface area contributed by atoms with Gasteiger partial charge in [-0.3, -0.25) is 10.2 Å². The number of nitrogens with one attached hydrogen (secondary N) is 1. The van der Waals surface area contributed by atoms with E-state index >= 15 is 0 Å². The molecule has 3 aliphatic rings. The van der Waals surface area contributed by atoms with Crippen molar-refractivity contribution in [3.05, 3.63) is 128 Å². The summed E-state index contributed by atoms with van der Waals surface area (Å²) in [5, 5.41) is 15.4. The van der Waals surface area contributed by atoms with E-state index in [-0.39, 0.29) is 34.7 Å². The van der Waals surface area contributed by atoms with Gasteiger partial charge >= 0.3 is 11.9 Å². The first kappa shape index (κ1) is 36.4. The van der Waals surface area contributed by atoms with E-state index in [0.29, 0.717) is 50.9 Å². The third-order valence-electron chi connectivity index (χ3n) is 9.45. The number of carbonyl (C=O) groups excluding carboxylic acids is 2. The molecule has 3 saturated heterocycles. The van der Waals surface area contributed by atoms with Crippen LogP contribution < -0.4 is 19.5 Å². The minimum absolute atomic E-state index is 0.0576. The Labute approximate surface area is 305 Å². The summed E-state index contributed by atoms with van der Waals surface area (Å²) in [7, 11) is 3.01. The van der Waals surface area contributed by atoms with Gasteiger partial charge in [0.05, 0.1) is 19.8 Å². The zero-order valence-corrected chi connectivity index (χ0v) is 29.7. The highest BCUT2D eigenvalue weighted by Gasteiger charge is 2.38. The number of carbonyl (C=O) groups is 2. The van der Waals surface area contributed by atoms with Gasteiger partial charge < -0.3 is 24.2 Å². The fourth-order valence-electron chi connectivity index (χ4n) is 6.67. The van der Waals surface area contributed by atoms with Gasteiger partial charge in [-0.15, -0.1) is 0 Å². The molecular formula is C38H38Cl2FN3O7. The first-order chi connectivity index (χ1) is 24.6. The summed E-state index contributed by atoms with van der Waals surface area (Å²) in [5.41, 5.74) is 2.53. The lowest BCUT2D eigenvalue weighted by Crippen LogP contribution is -2.52. The summed E-state index contributed by atoms with van der Waals surface area (Å²) in [5.74, 6) is -0.234. The normalized spacial score (nSPS) is 19.2. The molecule has 51 heavy (non-hydrogen) atoms. The highest BCUT2D eigenvalue weighted by Crippen LogP contribution is 2.36. The van der Waals surface area contributed by atoms with E-state index in [0.717, 1.165) is 25.9 Å². The Morgan fingerprint density at radius 1 is 0.961 bits per heavy atom. The molecule has 7 rings (SSSR count). The van der Waals surface area contributed by atoms with Crippen molar-refractivity contribution < 1.29 is 37.7 Å². The summed E-state index contributed by atoms with van der Waals surface area (Å²) in [6.07, 6.45) is 3.32. The molecule has 13 heteroatoms. The topological polar surface area (TPSA) is 113 Å². The van der Waals surface area contributed by atoms with E-state index in [1.165, 1.54) is 38.7 Å². The summed E-state index contributed by atoms with van der Waals surface area (Å²) in [6.45, 7) is 2.94. The third-order valence-corrected chi connectivity index (χ3v) is 10.1. The summed E-state index contributed by atoms with van der Waals surface area (Å²) in [6, 6.07) is 16.8. The monoisotopic (exact) mass is 737 g/mol. The standard InChI is InChI=1S/C38H38Cl2FN3O7/c1-48-32-11-8-26(17-34(32)49-2)33(18-29-30(39)20-44(47)21-31(29)40)50-37(45)27-5-3-4-23(16-27)19-42-36(25-6-9-28(41)10-7-25)38(46)51-35-22-43-14-12-24(35)13-15-43/h3-11,16-17,20-21,24,33,35-36,42H,12-15,18-19,22H2,1-2H3/t33?,35-,36-/m0/s1. The molecule has 0 aliphatic carbocycles. The Morgan fingerprint density at radius 2 is 1.65 bits per heavy atom. The molecule has 0 saturated carbocycles. The Morgan fingerprint density at radius 3 is 2.29 bits per heavy atom. The molecule has 268 valence electrons. The molecule has 0 radical (unpaired) electrons. The van der Waals surface area contributed by atoms with Gasteiger partial charge in [-0.1, -0.05) is 53.5 Å². The van der Waals surface area contributed by atoms with Crippen LogP contribution in [0.3, 0.4) is 0 Å². The number of ether oxygens (including phenoxy) is 4. The van der Waals surface area contributed by atoms with Crippen LogP contribution in [-0.2, 0) is 27.2 Å². The van der Waals surface area contributed by atoms with Crippen LogP contribution >= 0.6 is 23.2 Å². The fraction of sp³-hybridized carbons (Fsp3) is 0.342. The maximum Gasteiger partial charge on any atom is 0.338 e. The van der Waals surface area contributed by atoms with E-state index in [4.69, 9.17) is 42.1 Å². The van der Waals surface area contributed by atoms with Gasteiger partial charge in [0.2, 0.25) is 0 Å². The molecule has 1 unspecified atom stereocenters. The van der Waals surface area contributed by atoms with Crippen LogP contribution in [0.15, 0.2) is 79.1 Å². The third kappa shape index (κ3) is 8.73. The molecule has 0 spiro atoms. The average molecular weight is 739 g/mol. The van der Waals surface area contributed by atoms with Gasteiger partial charge in [0, 0.05) is 25.1 Å². The quantitative estimate of drug-likeness (QED) is 0.0948. The van der Waals surface area contributed by atoms with E-state index in [9.17, 15) is 19.2 Å². The smallest absolute Gasteiger partial charge is 0.338 e. The number of hydrogen-bond acceptors (Lipinski definition) is 9. The number of piperidine rings is 3. The molecule has 3 atom stereocenters. The van der Waals surface area contributed by atoms with Crippen molar-refractivity contribution in [3.8, 4) is 11.5 Å². The van der Waals surface area contributed by atoms with Gasteiger partial charge in [-0.05, 0) is 84.9 Å². The number of fused-ring (bicyclic) bond motifs is 3.